The fourth-order valence-corrected chi connectivity index (χ4v) is 4.73. The van der Waals surface area contributed by atoms with E-state index in [0.717, 1.165) is 31.8 Å². The van der Waals surface area contributed by atoms with E-state index in [0.29, 0.717) is 46.5 Å². The summed E-state index contributed by atoms with van der Waals surface area (Å²) in [6.45, 7) is 13.2. The second-order valence-electron chi connectivity index (χ2n) is 9.83. The zero-order valence-electron chi connectivity index (χ0n) is 20.3. The van der Waals surface area contributed by atoms with Crippen molar-refractivity contribution in [1.29, 1.82) is 0 Å². The van der Waals surface area contributed by atoms with Crippen LogP contribution in [-0.4, -0.2) is 33.6 Å². The van der Waals surface area contributed by atoms with Crippen LogP contribution in [0.1, 0.15) is 57.8 Å². The Hall–Kier alpha value is -2.73. The Balaban J connectivity index is 1.70. The molecule has 0 unspecified atom stereocenters. The summed E-state index contributed by atoms with van der Waals surface area (Å²) in [6.07, 6.45) is 2.28. The quantitative estimate of drug-likeness (QED) is 0.470. The number of piperidine rings is 1. The second-order valence-corrected chi connectivity index (χ2v) is 9.83. The summed E-state index contributed by atoms with van der Waals surface area (Å²) in [5, 5.41) is 0.549. The highest BCUT2D eigenvalue weighted by molar-refractivity contribution is 5.79. The van der Waals surface area contributed by atoms with Gasteiger partial charge in [0.1, 0.15) is 23.1 Å². The van der Waals surface area contributed by atoms with Crippen molar-refractivity contribution in [3.05, 3.63) is 64.0 Å². The van der Waals surface area contributed by atoms with Gasteiger partial charge in [-0.1, -0.05) is 13.8 Å². The van der Waals surface area contributed by atoms with Crippen molar-refractivity contribution in [1.82, 2.24) is 14.5 Å². The Morgan fingerprint density at radius 1 is 1.15 bits per heavy atom. The Morgan fingerprint density at radius 3 is 2.64 bits per heavy atom. The molecule has 4 rings (SSSR count). The number of ether oxygens (including phenoxy) is 1. The number of aryl methyl sites for hydroxylation is 1. The van der Waals surface area contributed by atoms with E-state index in [1.807, 2.05) is 16.7 Å². The van der Waals surface area contributed by atoms with Crippen molar-refractivity contribution in [3.8, 4) is 11.5 Å². The maximum Gasteiger partial charge on any atom is 0.261 e. The Labute approximate surface area is 195 Å². The molecule has 0 amide bonds. The topological polar surface area (TPSA) is 47.4 Å². The average Bonchev–Trinajstić information content (AvgIpc) is 2.77. The summed E-state index contributed by atoms with van der Waals surface area (Å²) < 4.78 is 21.3. The van der Waals surface area contributed by atoms with E-state index >= 15 is 0 Å². The smallest absolute Gasteiger partial charge is 0.261 e. The van der Waals surface area contributed by atoms with Crippen molar-refractivity contribution in [3.63, 3.8) is 0 Å². The van der Waals surface area contributed by atoms with Crippen molar-refractivity contribution in [2.24, 2.45) is 5.92 Å². The van der Waals surface area contributed by atoms with Crippen LogP contribution in [0.25, 0.3) is 10.9 Å². The number of aromatic nitrogens is 2. The zero-order chi connectivity index (χ0) is 23.7. The molecule has 33 heavy (non-hydrogen) atoms. The third kappa shape index (κ3) is 5.11. The molecule has 2 aromatic carbocycles. The van der Waals surface area contributed by atoms with E-state index in [9.17, 15) is 9.18 Å². The van der Waals surface area contributed by atoms with Crippen LogP contribution in [0, 0.1) is 18.7 Å². The molecule has 2 heterocycles. The maximum atomic E-state index is 13.7. The number of likely N-dealkylation sites (tertiary alicyclic amines) is 1. The zero-order valence-corrected chi connectivity index (χ0v) is 20.3. The normalized spacial score (nSPS) is 17.3. The van der Waals surface area contributed by atoms with Crippen LogP contribution < -0.4 is 10.3 Å². The van der Waals surface area contributed by atoms with Gasteiger partial charge in [-0.3, -0.25) is 9.36 Å². The molecule has 1 fully saturated rings. The van der Waals surface area contributed by atoms with Gasteiger partial charge < -0.3 is 9.64 Å². The largest absolute Gasteiger partial charge is 0.457 e. The first-order chi connectivity index (χ1) is 15.7. The van der Waals surface area contributed by atoms with Crippen LogP contribution in [-0.2, 0) is 6.54 Å². The standard InChI is InChI=1S/C27H34FN3O2/c1-17(2)26-29-24-10-9-22(33-25-11-8-21(28)13-19(25)5)14-23(24)27(32)31(26)16-20-7-6-12-30(15-20)18(3)4/h8-11,13-14,17-18,20H,6-7,12,15-16H2,1-5H3/t20-/m0/s1. The molecule has 0 aliphatic carbocycles. The van der Waals surface area contributed by atoms with Gasteiger partial charge >= 0.3 is 0 Å². The van der Waals surface area contributed by atoms with E-state index < -0.39 is 0 Å². The lowest BCUT2D eigenvalue weighted by Gasteiger charge is -2.36. The van der Waals surface area contributed by atoms with Gasteiger partial charge in [0.15, 0.2) is 0 Å². The molecule has 6 heteroatoms. The van der Waals surface area contributed by atoms with E-state index in [-0.39, 0.29) is 17.3 Å². The van der Waals surface area contributed by atoms with Gasteiger partial charge in [0.05, 0.1) is 10.9 Å². The first kappa shape index (κ1) is 23.4. The first-order valence-corrected chi connectivity index (χ1v) is 12.0. The molecular weight excluding hydrogens is 417 g/mol. The molecule has 1 saturated heterocycles. The van der Waals surface area contributed by atoms with Crippen LogP contribution in [0.2, 0.25) is 0 Å². The molecule has 1 atom stereocenters. The highest BCUT2D eigenvalue weighted by Gasteiger charge is 2.24. The molecule has 0 bridgehead atoms. The van der Waals surface area contributed by atoms with Crippen LogP contribution in [0.4, 0.5) is 4.39 Å². The molecule has 0 saturated carbocycles. The number of hydrogen-bond acceptors (Lipinski definition) is 4. The molecule has 176 valence electrons. The number of fused-ring (bicyclic) bond motifs is 1. The van der Waals surface area contributed by atoms with Crippen molar-refractivity contribution >= 4 is 10.9 Å². The number of halogens is 1. The highest BCUT2D eigenvalue weighted by Crippen LogP contribution is 2.28. The van der Waals surface area contributed by atoms with Gasteiger partial charge in [0.2, 0.25) is 0 Å². The number of hydrogen-bond donors (Lipinski definition) is 0. The van der Waals surface area contributed by atoms with Crippen molar-refractivity contribution in [2.75, 3.05) is 13.1 Å². The molecule has 0 radical (unpaired) electrons. The molecule has 1 aliphatic rings. The van der Waals surface area contributed by atoms with E-state index in [1.165, 1.54) is 12.1 Å². The van der Waals surface area contributed by atoms with Gasteiger partial charge in [-0.15, -0.1) is 0 Å². The summed E-state index contributed by atoms with van der Waals surface area (Å²) in [6, 6.07) is 10.3. The van der Waals surface area contributed by atoms with Gasteiger partial charge in [0.25, 0.3) is 5.56 Å². The van der Waals surface area contributed by atoms with Crippen molar-refractivity contribution in [2.45, 2.75) is 66.0 Å². The van der Waals surface area contributed by atoms with E-state index in [1.54, 1.807) is 19.1 Å². The van der Waals surface area contributed by atoms with E-state index in [4.69, 9.17) is 9.72 Å². The fourth-order valence-electron chi connectivity index (χ4n) is 4.73. The lowest BCUT2D eigenvalue weighted by atomic mass is 9.96. The van der Waals surface area contributed by atoms with Gasteiger partial charge in [-0.2, -0.15) is 0 Å². The molecule has 0 spiro atoms. The predicted molar refractivity (Wildman–Crippen MR) is 131 cm³/mol. The lowest BCUT2D eigenvalue weighted by Crippen LogP contribution is -2.42. The molecule has 5 nitrogen and oxygen atoms in total. The van der Waals surface area contributed by atoms with Crippen LogP contribution in [0.15, 0.2) is 41.2 Å². The minimum Gasteiger partial charge on any atom is -0.457 e. The average molecular weight is 452 g/mol. The molecular formula is C27H34FN3O2. The minimum absolute atomic E-state index is 0.0216. The molecule has 1 aliphatic heterocycles. The van der Waals surface area contributed by atoms with E-state index in [2.05, 4.69) is 32.6 Å². The molecule has 1 aromatic heterocycles. The van der Waals surface area contributed by atoms with Crippen molar-refractivity contribution < 1.29 is 9.13 Å². The molecule has 3 aromatic rings. The minimum atomic E-state index is -0.301. The summed E-state index contributed by atoms with van der Waals surface area (Å²) in [5.74, 6) is 2.21. The Morgan fingerprint density at radius 2 is 1.94 bits per heavy atom. The van der Waals surface area contributed by atoms with Gasteiger partial charge in [-0.05, 0) is 88.0 Å². The summed E-state index contributed by atoms with van der Waals surface area (Å²) in [7, 11) is 0. The highest BCUT2D eigenvalue weighted by atomic mass is 19.1. The Bertz CT molecular complexity index is 1200. The number of nitrogens with zero attached hydrogens (tertiary/aromatic N) is 3. The van der Waals surface area contributed by atoms with Crippen LogP contribution in [0.3, 0.4) is 0 Å². The van der Waals surface area contributed by atoms with Crippen LogP contribution >= 0.6 is 0 Å². The lowest BCUT2D eigenvalue weighted by molar-refractivity contribution is 0.129. The summed E-state index contributed by atoms with van der Waals surface area (Å²) in [5.41, 5.74) is 1.36. The number of benzene rings is 2. The summed E-state index contributed by atoms with van der Waals surface area (Å²) in [4.78, 5) is 21.0. The monoisotopic (exact) mass is 451 g/mol. The van der Waals surface area contributed by atoms with Gasteiger partial charge in [-0.25, -0.2) is 9.37 Å². The maximum absolute atomic E-state index is 13.7. The molecule has 0 N–H and O–H groups in total. The first-order valence-electron chi connectivity index (χ1n) is 12.0. The van der Waals surface area contributed by atoms with Crippen LogP contribution in [0.5, 0.6) is 11.5 Å². The number of rotatable bonds is 6. The SMILES string of the molecule is Cc1cc(F)ccc1Oc1ccc2nc(C(C)C)n(C[C@H]3CCCN(C(C)C)C3)c(=O)c2c1. The predicted octanol–water partition coefficient (Wildman–Crippen LogP) is 5.88. The fraction of sp³-hybridized carbons (Fsp3) is 0.481. The Kier molecular flexibility index (Phi) is 6.84. The second kappa shape index (κ2) is 9.64. The third-order valence-electron chi connectivity index (χ3n) is 6.56. The van der Waals surface area contributed by atoms with Gasteiger partial charge in [0, 0.05) is 25.0 Å². The third-order valence-corrected chi connectivity index (χ3v) is 6.56. The summed E-state index contributed by atoms with van der Waals surface area (Å²) >= 11 is 0.